The summed E-state index contributed by atoms with van der Waals surface area (Å²) in [5.74, 6) is 1.12. The maximum Gasteiger partial charge on any atom is 0.226 e. The fraction of sp³-hybridized carbons (Fsp3) is 0.368. The first-order valence-corrected chi connectivity index (χ1v) is 8.87. The van der Waals surface area contributed by atoms with Gasteiger partial charge in [0.15, 0.2) is 0 Å². The topological polar surface area (TPSA) is 97.9 Å². The Morgan fingerprint density at radius 2 is 2.07 bits per heavy atom. The van der Waals surface area contributed by atoms with Crippen molar-refractivity contribution in [3.8, 4) is 11.4 Å². The Balaban J connectivity index is 1.46. The molecule has 0 bridgehead atoms. The van der Waals surface area contributed by atoms with Crippen LogP contribution in [0.1, 0.15) is 31.4 Å². The number of pyridine rings is 1. The monoisotopic (exact) mass is 366 g/mol. The van der Waals surface area contributed by atoms with Crippen molar-refractivity contribution in [2.45, 2.75) is 38.6 Å². The molecule has 0 aliphatic carbocycles. The molecule has 0 aliphatic heterocycles. The lowest BCUT2D eigenvalue weighted by Crippen LogP contribution is -2.36. The van der Waals surface area contributed by atoms with Gasteiger partial charge in [0, 0.05) is 68.9 Å². The molecule has 1 unspecified atom stereocenters. The van der Waals surface area contributed by atoms with Crippen molar-refractivity contribution in [3.05, 3.63) is 54.7 Å². The molecule has 3 heterocycles. The van der Waals surface area contributed by atoms with Gasteiger partial charge in [-0.1, -0.05) is 5.16 Å². The summed E-state index contributed by atoms with van der Waals surface area (Å²) in [7, 11) is 1.82. The van der Waals surface area contributed by atoms with Crippen molar-refractivity contribution in [3.63, 3.8) is 0 Å². The average molecular weight is 366 g/mol. The number of aryl methyl sites for hydroxylation is 1. The molecule has 0 spiro atoms. The van der Waals surface area contributed by atoms with Crippen molar-refractivity contribution < 1.29 is 9.32 Å². The van der Waals surface area contributed by atoms with E-state index in [2.05, 4.69) is 25.1 Å². The van der Waals surface area contributed by atoms with E-state index >= 15 is 0 Å². The van der Waals surface area contributed by atoms with Gasteiger partial charge in [0.05, 0.1) is 5.69 Å². The van der Waals surface area contributed by atoms with E-state index in [0.717, 1.165) is 11.3 Å². The summed E-state index contributed by atoms with van der Waals surface area (Å²) in [4.78, 5) is 30.9. The molecule has 8 heteroatoms. The van der Waals surface area contributed by atoms with Crippen LogP contribution < -0.4 is 0 Å². The number of aromatic nitrogens is 5. The van der Waals surface area contributed by atoms with Gasteiger partial charge in [-0.25, -0.2) is 0 Å². The maximum atomic E-state index is 12.4. The Kier molecular flexibility index (Phi) is 6.19. The second-order valence-electron chi connectivity index (χ2n) is 6.36. The van der Waals surface area contributed by atoms with E-state index in [4.69, 9.17) is 4.52 Å². The number of hydrogen-bond donors (Lipinski definition) is 0. The van der Waals surface area contributed by atoms with E-state index in [0.29, 0.717) is 37.4 Å². The van der Waals surface area contributed by atoms with Crippen LogP contribution in [0.15, 0.2) is 47.6 Å². The van der Waals surface area contributed by atoms with Gasteiger partial charge in [0.1, 0.15) is 0 Å². The van der Waals surface area contributed by atoms with Crippen LogP contribution in [0.5, 0.6) is 0 Å². The molecule has 0 N–H and O–H groups in total. The van der Waals surface area contributed by atoms with Gasteiger partial charge in [-0.05, 0) is 25.5 Å². The normalized spacial score (nSPS) is 11.9. The predicted octanol–water partition coefficient (Wildman–Crippen LogP) is 2.33. The lowest BCUT2D eigenvalue weighted by Gasteiger charge is -2.24. The van der Waals surface area contributed by atoms with E-state index in [-0.39, 0.29) is 11.9 Å². The summed E-state index contributed by atoms with van der Waals surface area (Å²) in [5, 5.41) is 3.96. The van der Waals surface area contributed by atoms with Crippen molar-refractivity contribution in [2.24, 2.45) is 0 Å². The summed E-state index contributed by atoms with van der Waals surface area (Å²) >= 11 is 0. The van der Waals surface area contributed by atoms with E-state index < -0.39 is 0 Å². The van der Waals surface area contributed by atoms with Gasteiger partial charge < -0.3 is 9.42 Å². The molecule has 3 aromatic rings. The quantitative estimate of drug-likeness (QED) is 0.603. The summed E-state index contributed by atoms with van der Waals surface area (Å²) < 4.78 is 5.26. The van der Waals surface area contributed by atoms with Crippen molar-refractivity contribution in [1.29, 1.82) is 0 Å². The zero-order valence-electron chi connectivity index (χ0n) is 15.4. The third kappa shape index (κ3) is 5.16. The maximum absolute atomic E-state index is 12.4. The zero-order chi connectivity index (χ0) is 19.1. The molecule has 8 nitrogen and oxygen atoms in total. The highest BCUT2D eigenvalue weighted by atomic mass is 16.5. The van der Waals surface area contributed by atoms with Crippen molar-refractivity contribution in [1.82, 2.24) is 30.0 Å². The van der Waals surface area contributed by atoms with Crippen LogP contribution in [0.3, 0.4) is 0 Å². The number of carbonyl (C=O) groups is 1. The van der Waals surface area contributed by atoms with Crippen molar-refractivity contribution in [2.75, 3.05) is 7.05 Å². The molecule has 0 aliphatic rings. The smallest absolute Gasteiger partial charge is 0.226 e. The number of likely N-dealkylation sites (N-methyl/N-ethyl adjacent to an activating group) is 1. The van der Waals surface area contributed by atoms with Crippen LogP contribution in [0.25, 0.3) is 11.4 Å². The first kappa shape index (κ1) is 18.6. The standard InChI is InChI=1S/C19H22N6O2/c1-14(11-16-13-21-9-10-22-16)25(2)18(26)7-3-6-17-23-19(24-27-17)15-5-4-8-20-12-15/h4-5,8-10,12-14H,3,6-7,11H2,1-2H3. The minimum Gasteiger partial charge on any atom is -0.343 e. The molecular formula is C19H22N6O2. The van der Waals surface area contributed by atoms with Gasteiger partial charge in [-0.2, -0.15) is 4.98 Å². The molecule has 0 aromatic carbocycles. The molecule has 1 atom stereocenters. The Bertz CT molecular complexity index is 853. The zero-order valence-corrected chi connectivity index (χ0v) is 15.4. The van der Waals surface area contributed by atoms with Gasteiger partial charge in [-0.3, -0.25) is 19.7 Å². The molecule has 0 saturated carbocycles. The van der Waals surface area contributed by atoms with Gasteiger partial charge in [0.2, 0.25) is 17.6 Å². The molecule has 140 valence electrons. The van der Waals surface area contributed by atoms with Gasteiger partial charge >= 0.3 is 0 Å². The highest BCUT2D eigenvalue weighted by molar-refractivity contribution is 5.76. The molecule has 27 heavy (non-hydrogen) atoms. The van der Waals surface area contributed by atoms with Gasteiger partial charge in [-0.15, -0.1) is 0 Å². The first-order valence-electron chi connectivity index (χ1n) is 8.87. The lowest BCUT2D eigenvalue weighted by atomic mass is 10.1. The molecule has 0 saturated heterocycles. The molecule has 0 radical (unpaired) electrons. The number of rotatable bonds is 8. The SMILES string of the molecule is CC(Cc1cnccn1)N(C)C(=O)CCCc1nc(-c2cccnc2)no1. The van der Waals surface area contributed by atoms with E-state index in [1.165, 1.54) is 0 Å². The Morgan fingerprint density at radius 3 is 2.81 bits per heavy atom. The third-order valence-electron chi connectivity index (χ3n) is 4.34. The van der Waals surface area contributed by atoms with E-state index in [9.17, 15) is 4.79 Å². The number of nitrogens with zero attached hydrogens (tertiary/aromatic N) is 6. The fourth-order valence-electron chi connectivity index (χ4n) is 2.66. The second-order valence-corrected chi connectivity index (χ2v) is 6.36. The largest absolute Gasteiger partial charge is 0.343 e. The van der Waals surface area contributed by atoms with Crippen LogP contribution in [0, 0.1) is 0 Å². The summed E-state index contributed by atoms with van der Waals surface area (Å²) in [6.45, 7) is 2.00. The van der Waals surface area contributed by atoms with Crippen LogP contribution in [-0.2, 0) is 17.6 Å². The minimum atomic E-state index is 0.0507. The van der Waals surface area contributed by atoms with Gasteiger partial charge in [0.25, 0.3) is 0 Å². The van der Waals surface area contributed by atoms with Crippen LogP contribution >= 0.6 is 0 Å². The second kappa shape index (κ2) is 8.98. The summed E-state index contributed by atoms with van der Waals surface area (Å²) in [6.07, 6.45) is 10.7. The molecule has 1 amide bonds. The fourth-order valence-corrected chi connectivity index (χ4v) is 2.66. The minimum absolute atomic E-state index is 0.0507. The highest BCUT2D eigenvalue weighted by Gasteiger charge is 2.17. The highest BCUT2D eigenvalue weighted by Crippen LogP contribution is 2.15. The van der Waals surface area contributed by atoms with Crippen LogP contribution in [0.2, 0.25) is 0 Å². The van der Waals surface area contributed by atoms with E-state index in [1.807, 2.05) is 26.1 Å². The number of hydrogen-bond acceptors (Lipinski definition) is 7. The Hall–Kier alpha value is -3.16. The molecule has 3 aromatic heterocycles. The lowest BCUT2D eigenvalue weighted by molar-refractivity contribution is -0.131. The summed E-state index contributed by atoms with van der Waals surface area (Å²) in [6, 6.07) is 3.75. The summed E-state index contributed by atoms with van der Waals surface area (Å²) in [5.41, 5.74) is 1.68. The molecular weight excluding hydrogens is 344 g/mol. The number of carbonyl (C=O) groups excluding carboxylic acids is 1. The van der Waals surface area contributed by atoms with Crippen LogP contribution in [0.4, 0.5) is 0 Å². The Labute approximate surface area is 157 Å². The van der Waals surface area contributed by atoms with E-state index in [1.54, 1.807) is 35.9 Å². The Morgan fingerprint density at radius 1 is 1.22 bits per heavy atom. The third-order valence-corrected chi connectivity index (χ3v) is 4.34. The average Bonchev–Trinajstić information content (AvgIpc) is 3.17. The van der Waals surface area contributed by atoms with Crippen molar-refractivity contribution >= 4 is 5.91 Å². The van der Waals surface area contributed by atoms with Crippen LogP contribution in [-0.4, -0.2) is 49.0 Å². The first-order chi connectivity index (χ1) is 13.1. The number of amides is 1. The molecule has 0 fully saturated rings. The molecule has 3 rings (SSSR count). The predicted molar refractivity (Wildman–Crippen MR) is 98.4 cm³/mol.